The number of benzene rings is 1. The van der Waals surface area contributed by atoms with Gasteiger partial charge < -0.3 is 9.15 Å². The average Bonchev–Trinajstić information content (AvgIpc) is 3.27. The third-order valence-electron chi connectivity index (χ3n) is 3.94. The van der Waals surface area contributed by atoms with Crippen molar-refractivity contribution in [1.82, 2.24) is 4.31 Å². The molecule has 1 aromatic heterocycles. The van der Waals surface area contributed by atoms with Gasteiger partial charge in [-0.1, -0.05) is 30.3 Å². The lowest BCUT2D eigenvalue weighted by molar-refractivity contribution is 0.0917. The SMILES string of the molecule is O=S(=O)(/C=C/c1ccccc1)N(Cc1ccco1)CC1CCCO1. The van der Waals surface area contributed by atoms with Crippen LogP contribution in [0.2, 0.25) is 0 Å². The monoisotopic (exact) mass is 347 g/mol. The first-order valence-electron chi connectivity index (χ1n) is 8.01. The van der Waals surface area contributed by atoms with Crippen molar-refractivity contribution in [3.63, 3.8) is 0 Å². The minimum absolute atomic E-state index is 0.0557. The third kappa shape index (κ3) is 4.56. The first-order chi connectivity index (χ1) is 11.6. The first kappa shape index (κ1) is 17.0. The van der Waals surface area contributed by atoms with Crippen LogP contribution < -0.4 is 0 Å². The molecule has 1 aromatic carbocycles. The number of rotatable bonds is 7. The predicted octanol–water partition coefficient (Wildman–Crippen LogP) is 3.26. The quantitative estimate of drug-likeness (QED) is 0.771. The van der Waals surface area contributed by atoms with Crippen molar-refractivity contribution in [2.45, 2.75) is 25.5 Å². The van der Waals surface area contributed by atoms with E-state index < -0.39 is 10.0 Å². The summed E-state index contributed by atoms with van der Waals surface area (Å²) in [6.45, 7) is 1.23. The summed E-state index contributed by atoms with van der Waals surface area (Å²) < 4.78 is 37.9. The van der Waals surface area contributed by atoms with Crippen molar-refractivity contribution in [3.8, 4) is 0 Å². The summed E-state index contributed by atoms with van der Waals surface area (Å²) in [5.74, 6) is 0.615. The summed E-state index contributed by atoms with van der Waals surface area (Å²) in [5, 5.41) is 1.25. The molecule has 2 heterocycles. The van der Waals surface area contributed by atoms with Gasteiger partial charge in [-0.3, -0.25) is 0 Å². The molecule has 0 aliphatic carbocycles. The Bertz CT molecular complexity index is 748. The zero-order valence-electron chi connectivity index (χ0n) is 13.4. The van der Waals surface area contributed by atoms with Crippen LogP contribution in [-0.4, -0.2) is 32.0 Å². The molecule has 2 aromatic rings. The van der Waals surface area contributed by atoms with Gasteiger partial charge in [-0.05, 0) is 36.6 Å². The topological polar surface area (TPSA) is 59.8 Å². The van der Waals surface area contributed by atoms with Crippen LogP contribution in [0.15, 0.2) is 58.6 Å². The Kier molecular flexibility index (Phi) is 5.50. The maximum Gasteiger partial charge on any atom is 0.236 e. The summed E-state index contributed by atoms with van der Waals surface area (Å²) in [6.07, 6.45) is 4.96. The van der Waals surface area contributed by atoms with Crippen molar-refractivity contribution in [3.05, 3.63) is 65.5 Å². The van der Waals surface area contributed by atoms with Gasteiger partial charge in [-0.15, -0.1) is 0 Å². The molecule has 24 heavy (non-hydrogen) atoms. The van der Waals surface area contributed by atoms with Crippen LogP contribution >= 0.6 is 0 Å². The van der Waals surface area contributed by atoms with Crippen molar-refractivity contribution in [2.24, 2.45) is 0 Å². The maximum absolute atomic E-state index is 12.8. The lowest BCUT2D eigenvalue weighted by atomic mass is 10.2. The molecule has 1 saturated heterocycles. The lowest BCUT2D eigenvalue weighted by Crippen LogP contribution is -2.35. The molecule has 3 rings (SSSR count). The van der Waals surface area contributed by atoms with Crippen LogP contribution in [0.5, 0.6) is 0 Å². The molecule has 1 aliphatic heterocycles. The van der Waals surface area contributed by atoms with E-state index in [4.69, 9.17) is 9.15 Å². The van der Waals surface area contributed by atoms with Crippen LogP contribution in [0.3, 0.4) is 0 Å². The van der Waals surface area contributed by atoms with E-state index in [0.717, 1.165) is 18.4 Å². The second kappa shape index (κ2) is 7.79. The van der Waals surface area contributed by atoms with Gasteiger partial charge in [-0.2, -0.15) is 4.31 Å². The van der Waals surface area contributed by atoms with E-state index in [-0.39, 0.29) is 12.6 Å². The molecule has 0 amide bonds. The van der Waals surface area contributed by atoms with Gasteiger partial charge in [0.15, 0.2) is 0 Å². The smallest absolute Gasteiger partial charge is 0.236 e. The van der Waals surface area contributed by atoms with Crippen molar-refractivity contribution >= 4 is 16.1 Å². The van der Waals surface area contributed by atoms with Crippen molar-refractivity contribution in [1.29, 1.82) is 0 Å². The van der Waals surface area contributed by atoms with Gasteiger partial charge in [-0.25, -0.2) is 8.42 Å². The normalized spacial score (nSPS) is 18.6. The number of furan rings is 1. The maximum atomic E-state index is 12.8. The Morgan fingerprint density at radius 2 is 2.00 bits per heavy atom. The molecule has 128 valence electrons. The molecule has 1 fully saturated rings. The Balaban J connectivity index is 1.77. The Morgan fingerprint density at radius 1 is 1.17 bits per heavy atom. The van der Waals surface area contributed by atoms with Crippen LogP contribution in [0.25, 0.3) is 6.08 Å². The number of hydrogen-bond acceptors (Lipinski definition) is 4. The summed E-state index contributed by atoms with van der Waals surface area (Å²) in [7, 11) is -3.57. The van der Waals surface area contributed by atoms with E-state index in [9.17, 15) is 8.42 Å². The lowest BCUT2D eigenvalue weighted by Gasteiger charge is -2.22. The summed E-state index contributed by atoms with van der Waals surface area (Å²) in [6, 6.07) is 12.9. The fourth-order valence-corrected chi connectivity index (χ4v) is 3.85. The van der Waals surface area contributed by atoms with Crippen LogP contribution in [0.1, 0.15) is 24.2 Å². The molecule has 0 radical (unpaired) electrons. The van der Waals surface area contributed by atoms with Gasteiger partial charge in [0, 0.05) is 18.6 Å². The summed E-state index contributed by atoms with van der Waals surface area (Å²) in [5.41, 5.74) is 0.844. The molecule has 0 saturated carbocycles. The molecule has 5 nitrogen and oxygen atoms in total. The van der Waals surface area contributed by atoms with E-state index in [1.165, 1.54) is 9.71 Å². The summed E-state index contributed by atoms with van der Waals surface area (Å²) in [4.78, 5) is 0. The zero-order valence-corrected chi connectivity index (χ0v) is 14.2. The van der Waals surface area contributed by atoms with E-state index >= 15 is 0 Å². The van der Waals surface area contributed by atoms with Crippen LogP contribution in [0, 0.1) is 0 Å². The predicted molar refractivity (Wildman–Crippen MR) is 92.5 cm³/mol. The van der Waals surface area contributed by atoms with Crippen LogP contribution in [-0.2, 0) is 21.3 Å². The van der Waals surface area contributed by atoms with E-state index in [0.29, 0.717) is 18.9 Å². The Morgan fingerprint density at radius 3 is 2.67 bits per heavy atom. The van der Waals surface area contributed by atoms with Gasteiger partial charge in [0.2, 0.25) is 10.0 Å². The zero-order chi connectivity index (χ0) is 16.8. The van der Waals surface area contributed by atoms with Crippen molar-refractivity contribution in [2.75, 3.05) is 13.2 Å². The van der Waals surface area contributed by atoms with E-state index in [1.54, 1.807) is 24.5 Å². The molecule has 0 spiro atoms. The van der Waals surface area contributed by atoms with Gasteiger partial charge in [0.05, 0.1) is 18.9 Å². The largest absolute Gasteiger partial charge is 0.468 e. The van der Waals surface area contributed by atoms with Gasteiger partial charge in [0.25, 0.3) is 0 Å². The second-order valence-corrected chi connectivity index (χ2v) is 7.58. The average molecular weight is 347 g/mol. The van der Waals surface area contributed by atoms with Crippen molar-refractivity contribution < 1.29 is 17.6 Å². The highest BCUT2D eigenvalue weighted by molar-refractivity contribution is 7.92. The third-order valence-corrected chi connectivity index (χ3v) is 5.41. The molecular formula is C18H21NO4S. The molecule has 1 atom stereocenters. The fraction of sp³-hybridized carbons (Fsp3) is 0.333. The molecular weight excluding hydrogens is 326 g/mol. The molecule has 1 aliphatic rings. The number of nitrogens with zero attached hydrogens (tertiary/aromatic N) is 1. The molecule has 1 unspecified atom stereocenters. The second-order valence-electron chi connectivity index (χ2n) is 5.77. The fourth-order valence-electron chi connectivity index (χ4n) is 2.66. The summed E-state index contributed by atoms with van der Waals surface area (Å²) >= 11 is 0. The molecule has 6 heteroatoms. The van der Waals surface area contributed by atoms with E-state index in [2.05, 4.69) is 0 Å². The highest BCUT2D eigenvalue weighted by Gasteiger charge is 2.26. The van der Waals surface area contributed by atoms with Crippen LogP contribution in [0.4, 0.5) is 0 Å². The molecule has 0 bridgehead atoms. The standard InChI is InChI=1S/C18H21NO4S/c20-24(21,13-10-16-6-2-1-3-7-16)19(14-17-8-4-11-22-17)15-18-9-5-12-23-18/h1-4,6-8,10-11,13,18H,5,9,12,14-15H2/b13-10+. The minimum atomic E-state index is -3.57. The number of sulfonamides is 1. The van der Waals surface area contributed by atoms with E-state index in [1.807, 2.05) is 30.3 Å². The highest BCUT2D eigenvalue weighted by Crippen LogP contribution is 2.19. The number of ether oxygens (including phenoxy) is 1. The Labute approximate surface area is 142 Å². The molecule has 0 N–H and O–H groups in total. The first-order valence-corrected chi connectivity index (χ1v) is 9.51. The van der Waals surface area contributed by atoms with Gasteiger partial charge >= 0.3 is 0 Å². The minimum Gasteiger partial charge on any atom is -0.468 e. The Hall–Kier alpha value is -1.89. The van der Waals surface area contributed by atoms with Gasteiger partial charge in [0.1, 0.15) is 5.76 Å². The highest BCUT2D eigenvalue weighted by atomic mass is 32.2. The number of hydrogen-bond donors (Lipinski definition) is 0.